The van der Waals surface area contributed by atoms with Crippen molar-refractivity contribution in [3.8, 4) is 23.0 Å². The minimum atomic E-state index is -0.872. The Kier molecular flexibility index (Phi) is 4.55. The summed E-state index contributed by atoms with van der Waals surface area (Å²) >= 11 is 0.987. The predicted molar refractivity (Wildman–Crippen MR) is 115 cm³/mol. The number of imide groups is 1. The Morgan fingerprint density at radius 2 is 1.72 bits per heavy atom. The number of carbonyl (C=O) groups is 3. The van der Waals surface area contributed by atoms with Crippen LogP contribution < -0.4 is 24.8 Å². The third-order valence-electron chi connectivity index (χ3n) is 5.83. The van der Waals surface area contributed by atoms with Gasteiger partial charge in [-0.15, -0.1) is 0 Å². The number of anilines is 1. The van der Waals surface area contributed by atoms with Crippen LogP contribution in [0.1, 0.15) is 11.5 Å². The second-order valence-electron chi connectivity index (χ2n) is 7.51. The SMILES string of the molecule is COc1cc(OC)cc(N2C(=O)[C@@H]3[C@@H](SC(N)=C4C(=O)Oc5cc(O)ccc5[C@H]43)C2=O)c1. The number of rotatable bonds is 3. The molecule has 3 heterocycles. The lowest BCUT2D eigenvalue weighted by Gasteiger charge is -2.36. The van der Waals surface area contributed by atoms with Gasteiger partial charge in [0.15, 0.2) is 0 Å². The Bertz CT molecular complexity index is 1200. The molecule has 0 aliphatic carbocycles. The largest absolute Gasteiger partial charge is 0.508 e. The number of benzene rings is 2. The Morgan fingerprint density at radius 3 is 2.38 bits per heavy atom. The molecular formula is C22H18N2O7S. The molecule has 5 rings (SSSR count). The molecule has 9 nitrogen and oxygen atoms in total. The maximum absolute atomic E-state index is 13.6. The monoisotopic (exact) mass is 454 g/mol. The highest BCUT2D eigenvalue weighted by Gasteiger charge is 2.58. The number of hydrogen-bond donors (Lipinski definition) is 2. The average molecular weight is 454 g/mol. The van der Waals surface area contributed by atoms with Crippen LogP contribution in [0.15, 0.2) is 47.0 Å². The summed E-state index contributed by atoms with van der Waals surface area (Å²) in [4.78, 5) is 40.8. The van der Waals surface area contributed by atoms with Gasteiger partial charge in [-0.05, 0) is 6.07 Å². The van der Waals surface area contributed by atoms with Crippen LogP contribution in [0.2, 0.25) is 0 Å². The Hall–Kier alpha value is -3.66. The molecule has 3 N–H and O–H groups in total. The molecule has 2 aromatic rings. The summed E-state index contributed by atoms with van der Waals surface area (Å²) in [6.45, 7) is 0. The number of fused-ring (bicyclic) bond motifs is 5. The van der Waals surface area contributed by atoms with Crippen molar-refractivity contribution in [3.63, 3.8) is 0 Å². The van der Waals surface area contributed by atoms with Crippen molar-refractivity contribution in [2.45, 2.75) is 11.2 Å². The number of nitrogens with zero attached hydrogens (tertiary/aromatic N) is 1. The van der Waals surface area contributed by atoms with E-state index < -0.39 is 34.9 Å². The smallest absolute Gasteiger partial charge is 0.342 e. The van der Waals surface area contributed by atoms with Crippen LogP contribution in [0, 0.1) is 5.92 Å². The van der Waals surface area contributed by atoms with Crippen LogP contribution in [0.3, 0.4) is 0 Å². The van der Waals surface area contributed by atoms with Crippen molar-refractivity contribution in [2.75, 3.05) is 19.1 Å². The molecule has 3 atom stereocenters. The molecule has 1 fully saturated rings. The first-order chi connectivity index (χ1) is 15.3. The summed E-state index contributed by atoms with van der Waals surface area (Å²) in [5.41, 5.74) is 7.15. The van der Waals surface area contributed by atoms with Gasteiger partial charge in [-0.1, -0.05) is 17.8 Å². The molecule has 164 valence electrons. The molecule has 3 aliphatic heterocycles. The van der Waals surface area contributed by atoms with E-state index >= 15 is 0 Å². The standard InChI is InChI=1S/C22H18N2O7S/c1-29-11-5-9(6-12(8-11)30-2)24-20(26)16-15-13-4-3-10(25)7-14(13)31-22(28)17(15)19(23)32-18(16)21(24)27/h3-8,15-16,18,25H,23H2,1-2H3/t15-,16-,18+/m0/s1. The van der Waals surface area contributed by atoms with Crippen LogP contribution in [0.4, 0.5) is 5.69 Å². The van der Waals surface area contributed by atoms with E-state index in [-0.39, 0.29) is 22.1 Å². The van der Waals surface area contributed by atoms with Crippen molar-refractivity contribution < 1.29 is 33.7 Å². The lowest BCUT2D eigenvalue weighted by atomic mass is 9.77. The average Bonchev–Trinajstić information content (AvgIpc) is 3.02. The van der Waals surface area contributed by atoms with Crippen molar-refractivity contribution in [2.24, 2.45) is 11.7 Å². The highest BCUT2D eigenvalue weighted by atomic mass is 32.2. The highest BCUT2D eigenvalue weighted by molar-refractivity contribution is 8.04. The van der Waals surface area contributed by atoms with Crippen LogP contribution in [0.25, 0.3) is 0 Å². The van der Waals surface area contributed by atoms with Gasteiger partial charge < -0.3 is 25.1 Å². The van der Waals surface area contributed by atoms with Crippen molar-refractivity contribution >= 4 is 35.2 Å². The van der Waals surface area contributed by atoms with Gasteiger partial charge in [-0.25, -0.2) is 9.69 Å². The van der Waals surface area contributed by atoms with Crippen LogP contribution >= 0.6 is 11.8 Å². The molecule has 3 aliphatic rings. The van der Waals surface area contributed by atoms with Gasteiger partial charge in [0.1, 0.15) is 28.2 Å². The zero-order valence-corrected chi connectivity index (χ0v) is 17.8. The molecule has 0 unspecified atom stereocenters. The minimum absolute atomic E-state index is 0.0855. The van der Waals surface area contributed by atoms with E-state index in [0.29, 0.717) is 22.7 Å². The molecule has 10 heteroatoms. The second-order valence-corrected chi connectivity index (χ2v) is 8.70. The second kappa shape index (κ2) is 7.20. The van der Waals surface area contributed by atoms with Crippen LogP contribution in [0.5, 0.6) is 23.0 Å². The summed E-state index contributed by atoms with van der Waals surface area (Å²) in [6, 6.07) is 9.10. The molecule has 1 saturated heterocycles. The number of phenolic OH excluding ortho intramolecular Hbond substituents is 1. The van der Waals surface area contributed by atoms with Crippen molar-refractivity contribution in [1.29, 1.82) is 0 Å². The Balaban J connectivity index is 1.64. The number of aromatic hydroxyl groups is 1. The van der Waals surface area contributed by atoms with E-state index in [4.69, 9.17) is 19.9 Å². The first-order valence-corrected chi connectivity index (χ1v) is 10.5. The molecule has 0 saturated carbocycles. The lowest BCUT2D eigenvalue weighted by Crippen LogP contribution is -2.39. The first kappa shape index (κ1) is 20.3. The van der Waals surface area contributed by atoms with Gasteiger partial charge in [0, 0.05) is 35.7 Å². The number of phenols is 1. The van der Waals surface area contributed by atoms with E-state index in [0.717, 1.165) is 16.7 Å². The summed E-state index contributed by atoms with van der Waals surface area (Å²) in [5, 5.41) is 9.13. The molecule has 0 bridgehead atoms. The van der Waals surface area contributed by atoms with E-state index in [2.05, 4.69) is 0 Å². The van der Waals surface area contributed by atoms with E-state index in [1.165, 1.54) is 26.4 Å². The number of carbonyl (C=O) groups excluding carboxylic acids is 3. The van der Waals surface area contributed by atoms with Crippen molar-refractivity contribution in [1.82, 2.24) is 0 Å². The normalized spacial score (nSPS) is 24.0. The maximum atomic E-state index is 13.6. The lowest BCUT2D eigenvalue weighted by molar-refractivity contribution is -0.131. The zero-order chi connectivity index (χ0) is 22.7. The molecule has 0 aromatic heterocycles. The van der Waals surface area contributed by atoms with Gasteiger partial charge >= 0.3 is 5.97 Å². The fourth-order valence-electron chi connectivity index (χ4n) is 4.42. The van der Waals surface area contributed by atoms with Crippen molar-refractivity contribution in [3.05, 3.63) is 52.6 Å². The van der Waals surface area contributed by atoms with Gasteiger partial charge in [0.05, 0.1) is 36.4 Å². The highest BCUT2D eigenvalue weighted by Crippen LogP contribution is 2.55. The molecule has 2 aromatic carbocycles. The maximum Gasteiger partial charge on any atom is 0.342 e. The van der Waals surface area contributed by atoms with E-state index in [9.17, 15) is 19.5 Å². The molecular weight excluding hydrogens is 436 g/mol. The summed E-state index contributed by atoms with van der Waals surface area (Å²) in [6.07, 6.45) is 0. The molecule has 2 amide bonds. The summed E-state index contributed by atoms with van der Waals surface area (Å²) in [7, 11) is 2.94. The third-order valence-corrected chi connectivity index (χ3v) is 7.06. The van der Waals surface area contributed by atoms with Gasteiger partial charge in [0.2, 0.25) is 11.8 Å². The number of thioether (sulfide) groups is 1. The topological polar surface area (TPSA) is 128 Å². The van der Waals surface area contributed by atoms with Crippen LogP contribution in [-0.2, 0) is 14.4 Å². The third kappa shape index (κ3) is 2.83. The zero-order valence-electron chi connectivity index (χ0n) is 17.0. The molecule has 0 spiro atoms. The molecule has 32 heavy (non-hydrogen) atoms. The minimum Gasteiger partial charge on any atom is -0.508 e. The number of ether oxygens (including phenoxy) is 3. The quantitative estimate of drug-likeness (QED) is 0.406. The van der Waals surface area contributed by atoms with Gasteiger partial charge in [0.25, 0.3) is 0 Å². The summed E-state index contributed by atoms with van der Waals surface area (Å²) < 4.78 is 15.9. The number of nitrogens with two attached hydrogens (primary N) is 1. The van der Waals surface area contributed by atoms with E-state index in [1.54, 1.807) is 24.3 Å². The van der Waals surface area contributed by atoms with Gasteiger partial charge in [-0.2, -0.15) is 0 Å². The predicted octanol–water partition coefficient (Wildman–Crippen LogP) is 1.89. The van der Waals surface area contributed by atoms with Gasteiger partial charge in [-0.3, -0.25) is 9.59 Å². The molecule has 0 radical (unpaired) electrons. The number of amides is 2. The number of methoxy groups -OCH3 is 2. The fraction of sp³-hybridized carbons (Fsp3) is 0.227. The Labute approximate surface area is 186 Å². The number of hydrogen-bond acceptors (Lipinski definition) is 9. The van der Waals surface area contributed by atoms with Crippen LogP contribution in [-0.4, -0.2) is 42.4 Å². The fourth-order valence-corrected chi connectivity index (χ4v) is 5.66. The Morgan fingerprint density at radius 1 is 1.03 bits per heavy atom. The van der Waals surface area contributed by atoms with E-state index in [1.807, 2.05) is 0 Å². The number of esters is 1. The summed E-state index contributed by atoms with van der Waals surface area (Å²) in [5.74, 6) is -2.35. The first-order valence-electron chi connectivity index (χ1n) is 9.66.